The Morgan fingerprint density at radius 3 is 2.10 bits per heavy atom. The Balaban J connectivity index is 2.09. The van der Waals surface area contributed by atoms with Crippen molar-refractivity contribution < 1.29 is 19.2 Å². The van der Waals surface area contributed by atoms with Crippen LogP contribution in [0.2, 0.25) is 0 Å². The number of rotatable bonds is 4. The maximum absolute atomic E-state index is 10.8. The van der Waals surface area contributed by atoms with Gasteiger partial charge in [-0.05, 0) is 45.1 Å². The molecule has 1 aromatic carbocycles. The molecule has 2 rings (SSSR count). The Morgan fingerprint density at radius 2 is 1.67 bits per heavy atom. The summed E-state index contributed by atoms with van der Waals surface area (Å²) in [5.74, 6) is -0.995. The Kier molecular flexibility index (Phi) is 4.15. The number of carboxylic acids is 1. The van der Waals surface area contributed by atoms with E-state index in [4.69, 9.17) is 20.1 Å². The molecule has 1 aromatic rings. The predicted octanol–water partition coefficient (Wildman–Crippen LogP) is 0.940. The van der Waals surface area contributed by atoms with E-state index in [1.165, 1.54) is 0 Å². The van der Waals surface area contributed by atoms with Crippen LogP contribution in [0.3, 0.4) is 0 Å². The van der Waals surface area contributed by atoms with Gasteiger partial charge in [0.25, 0.3) is 0 Å². The molecular formula is C15H22BNO4. The van der Waals surface area contributed by atoms with E-state index in [1.54, 1.807) is 0 Å². The molecule has 3 N–H and O–H groups in total. The number of aliphatic carboxylic acids is 1. The lowest BCUT2D eigenvalue weighted by Gasteiger charge is -2.32. The van der Waals surface area contributed by atoms with Crippen LogP contribution in [0, 0.1) is 0 Å². The molecule has 0 bridgehead atoms. The molecule has 114 valence electrons. The van der Waals surface area contributed by atoms with E-state index in [1.807, 2.05) is 52.0 Å². The van der Waals surface area contributed by atoms with Gasteiger partial charge in [-0.15, -0.1) is 0 Å². The standard InChI is InChI=1S/C15H22BNO4/c1-14(2)15(3,4)21-16(20-14)11-7-5-10(6-8-11)9-12(17)13(18)19/h5-8,12H,9,17H2,1-4H3,(H,18,19). The highest BCUT2D eigenvalue weighted by molar-refractivity contribution is 6.62. The van der Waals surface area contributed by atoms with Gasteiger partial charge in [-0.25, -0.2) is 0 Å². The molecule has 1 aliphatic heterocycles. The molecule has 1 aliphatic rings. The second-order valence-corrected chi connectivity index (χ2v) is 6.48. The lowest BCUT2D eigenvalue weighted by atomic mass is 9.78. The normalized spacial score (nSPS) is 21.3. The molecule has 6 heteroatoms. The number of benzene rings is 1. The zero-order valence-corrected chi connectivity index (χ0v) is 12.9. The van der Waals surface area contributed by atoms with Crippen molar-refractivity contribution in [3.63, 3.8) is 0 Å². The minimum Gasteiger partial charge on any atom is -0.480 e. The largest absolute Gasteiger partial charge is 0.494 e. The van der Waals surface area contributed by atoms with Crippen LogP contribution in [-0.4, -0.2) is 35.4 Å². The van der Waals surface area contributed by atoms with E-state index in [-0.39, 0.29) is 11.2 Å². The first kappa shape index (κ1) is 16.0. The third-order valence-electron chi connectivity index (χ3n) is 4.28. The van der Waals surface area contributed by atoms with Gasteiger partial charge in [0.2, 0.25) is 0 Å². The third-order valence-corrected chi connectivity index (χ3v) is 4.28. The zero-order valence-electron chi connectivity index (χ0n) is 12.9. The average Bonchev–Trinajstić information content (AvgIpc) is 2.59. The molecule has 0 radical (unpaired) electrons. The van der Waals surface area contributed by atoms with Crippen LogP contribution in [0.25, 0.3) is 0 Å². The lowest BCUT2D eigenvalue weighted by Crippen LogP contribution is -2.41. The van der Waals surface area contributed by atoms with Crippen LogP contribution in [-0.2, 0) is 20.5 Å². The van der Waals surface area contributed by atoms with E-state index in [0.717, 1.165) is 11.0 Å². The fourth-order valence-electron chi connectivity index (χ4n) is 2.13. The maximum atomic E-state index is 10.8. The lowest BCUT2D eigenvalue weighted by molar-refractivity contribution is -0.138. The van der Waals surface area contributed by atoms with E-state index in [0.29, 0.717) is 6.42 Å². The van der Waals surface area contributed by atoms with Gasteiger partial charge in [0, 0.05) is 0 Å². The fourth-order valence-corrected chi connectivity index (χ4v) is 2.13. The van der Waals surface area contributed by atoms with E-state index in [2.05, 4.69) is 0 Å². The van der Waals surface area contributed by atoms with Crippen molar-refractivity contribution in [1.82, 2.24) is 0 Å². The SMILES string of the molecule is CC1(C)OB(c2ccc(CC(N)C(=O)O)cc2)OC1(C)C. The zero-order chi connectivity index (χ0) is 15.8. The summed E-state index contributed by atoms with van der Waals surface area (Å²) in [7, 11) is -0.405. The second kappa shape index (κ2) is 5.44. The molecule has 1 atom stereocenters. The molecule has 1 fully saturated rings. The van der Waals surface area contributed by atoms with Crippen molar-refractivity contribution in [2.75, 3.05) is 0 Å². The molecule has 1 saturated heterocycles. The van der Waals surface area contributed by atoms with Gasteiger partial charge in [0.15, 0.2) is 0 Å². The molecule has 0 saturated carbocycles. The molecule has 0 spiro atoms. The minimum atomic E-state index is -0.995. The van der Waals surface area contributed by atoms with Gasteiger partial charge < -0.3 is 20.1 Å². The highest BCUT2D eigenvalue weighted by atomic mass is 16.7. The van der Waals surface area contributed by atoms with E-state index >= 15 is 0 Å². The van der Waals surface area contributed by atoms with Crippen LogP contribution in [0.4, 0.5) is 0 Å². The number of nitrogens with two attached hydrogens (primary N) is 1. The number of hydrogen-bond acceptors (Lipinski definition) is 4. The summed E-state index contributed by atoms with van der Waals surface area (Å²) in [5.41, 5.74) is 6.58. The van der Waals surface area contributed by atoms with Gasteiger partial charge in [-0.1, -0.05) is 24.3 Å². The summed E-state index contributed by atoms with van der Waals surface area (Å²) in [6.07, 6.45) is 0.305. The van der Waals surface area contributed by atoms with Crippen molar-refractivity contribution in [2.24, 2.45) is 5.73 Å². The van der Waals surface area contributed by atoms with Gasteiger partial charge in [-0.3, -0.25) is 4.79 Å². The summed E-state index contributed by atoms with van der Waals surface area (Å²) >= 11 is 0. The average molecular weight is 291 g/mol. The van der Waals surface area contributed by atoms with Gasteiger partial charge >= 0.3 is 13.1 Å². The Morgan fingerprint density at radius 1 is 1.19 bits per heavy atom. The smallest absolute Gasteiger partial charge is 0.480 e. The van der Waals surface area contributed by atoms with Crippen molar-refractivity contribution in [2.45, 2.75) is 51.4 Å². The van der Waals surface area contributed by atoms with Crippen LogP contribution < -0.4 is 11.2 Å². The molecule has 0 aliphatic carbocycles. The second-order valence-electron chi connectivity index (χ2n) is 6.48. The van der Waals surface area contributed by atoms with Crippen molar-refractivity contribution in [1.29, 1.82) is 0 Å². The van der Waals surface area contributed by atoms with Crippen LogP contribution in [0.5, 0.6) is 0 Å². The van der Waals surface area contributed by atoms with E-state index < -0.39 is 19.1 Å². The summed E-state index contributed by atoms with van der Waals surface area (Å²) < 4.78 is 11.9. The first-order valence-electron chi connectivity index (χ1n) is 7.05. The molecule has 1 heterocycles. The highest BCUT2D eigenvalue weighted by Gasteiger charge is 2.51. The molecule has 0 aromatic heterocycles. The number of hydrogen-bond donors (Lipinski definition) is 2. The minimum absolute atomic E-state index is 0.305. The monoisotopic (exact) mass is 291 g/mol. The van der Waals surface area contributed by atoms with Crippen molar-refractivity contribution in [3.05, 3.63) is 29.8 Å². The quantitative estimate of drug-likeness (QED) is 0.807. The van der Waals surface area contributed by atoms with Crippen LogP contribution in [0.15, 0.2) is 24.3 Å². The Hall–Kier alpha value is -1.37. The Labute approximate surface area is 125 Å². The summed E-state index contributed by atoms with van der Waals surface area (Å²) in [4.78, 5) is 10.8. The summed E-state index contributed by atoms with van der Waals surface area (Å²) in [6.45, 7) is 8.03. The van der Waals surface area contributed by atoms with Gasteiger partial charge in [0.05, 0.1) is 11.2 Å². The number of carbonyl (C=O) groups is 1. The first-order chi connectivity index (χ1) is 9.62. The molecule has 21 heavy (non-hydrogen) atoms. The third kappa shape index (κ3) is 3.28. The summed E-state index contributed by atoms with van der Waals surface area (Å²) in [6, 6.07) is 6.64. The molecular weight excluding hydrogens is 269 g/mol. The topological polar surface area (TPSA) is 81.8 Å². The maximum Gasteiger partial charge on any atom is 0.494 e. The summed E-state index contributed by atoms with van der Waals surface area (Å²) in [5, 5.41) is 8.82. The molecule has 5 nitrogen and oxygen atoms in total. The molecule has 1 unspecified atom stereocenters. The fraction of sp³-hybridized carbons (Fsp3) is 0.533. The highest BCUT2D eigenvalue weighted by Crippen LogP contribution is 2.36. The van der Waals surface area contributed by atoms with Crippen molar-refractivity contribution >= 4 is 18.6 Å². The predicted molar refractivity (Wildman–Crippen MR) is 81.5 cm³/mol. The van der Waals surface area contributed by atoms with Crippen LogP contribution in [0.1, 0.15) is 33.3 Å². The van der Waals surface area contributed by atoms with Crippen LogP contribution >= 0.6 is 0 Å². The van der Waals surface area contributed by atoms with Crippen molar-refractivity contribution in [3.8, 4) is 0 Å². The van der Waals surface area contributed by atoms with Gasteiger partial charge in [-0.2, -0.15) is 0 Å². The molecule has 0 amide bonds. The van der Waals surface area contributed by atoms with Gasteiger partial charge in [0.1, 0.15) is 6.04 Å². The first-order valence-corrected chi connectivity index (χ1v) is 7.05. The Bertz CT molecular complexity index is 511. The number of carboxylic acid groups (broad SMARTS) is 1. The van der Waals surface area contributed by atoms with E-state index in [9.17, 15) is 4.79 Å².